The largest absolute Gasteiger partial charge is 0.504 e. The van der Waals surface area contributed by atoms with E-state index in [4.69, 9.17) is 9.47 Å². The molecule has 2 heterocycles. The molecule has 33 heavy (non-hydrogen) atoms. The van der Waals surface area contributed by atoms with Crippen LogP contribution in [0.15, 0.2) is 34.3 Å². The van der Waals surface area contributed by atoms with E-state index >= 15 is 0 Å². The Bertz CT molecular complexity index is 989. The summed E-state index contributed by atoms with van der Waals surface area (Å²) in [5.41, 5.74) is 0.937. The van der Waals surface area contributed by atoms with Gasteiger partial charge < -0.3 is 24.6 Å². The van der Waals surface area contributed by atoms with Crippen molar-refractivity contribution in [1.29, 1.82) is 0 Å². The number of hydrogen-bond acceptors (Lipinski definition) is 7. The van der Waals surface area contributed by atoms with Crippen molar-refractivity contribution in [3.8, 4) is 0 Å². The van der Waals surface area contributed by atoms with Crippen LogP contribution in [0, 0.1) is 22.7 Å². The number of allylic oxidation sites excluding steroid dienone is 1. The minimum Gasteiger partial charge on any atom is -0.504 e. The SMILES string of the molecule is COC[C@H]1OC(=O)/C(=C/N2CCCC2)C2=C(O)C(=O)C3=C([C@H](C)C[C@]4(C)C(O)CC[C@@H]34)[C@]21C. The number of hydrogen-bond donors (Lipinski definition) is 2. The fraction of sp³-hybridized carbons (Fsp3) is 0.692. The molecule has 0 aromatic heterocycles. The van der Waals surface area contributed by atoms with Gasteiger partial charge in [-0.15, -0.1) is 0 Å². The highest BCUT2D eigenvalue weighted by Crippen LogP contribution is 2.64. The molecule has 1 unspecified atom stereocenters. The summed E-state index contributed by atoms with van der Waals surface area (Å²) in [5, 5.41) is 22.2. The van der Waals surface area contributed by atoms with Crippen LogP contribution < -0.4 is 0 Å². The lowest BCUT2D eigenvalue weighted by Gasteiger charge is -2.54. The van der Waals surface area contributed by atoms with Crippen molar-refractivity contribution in [2.75, 3.05) is 26.8 Å². The summed E-state index contributed by atoms with van der Waals surface area (Å²) in [4.78, 5) is 29.0. The van der Waals surface area contributed by atoms with Gasteiger partial charge in [-0.2, -0.15) is 0 Å². The molecule has 0 spiro atoms. The fourth-order valence-corrected chi connectivity index (χ4v) is 7.55. The lowest BCUT2D eigenvalue weighted by molar-refractivity contribution is -0.157. The molecule has 5 aliphatic rings. The van der Waals surface area contributed by atoms with Crippen LogP contribution in [0.1, 0.15) is 52.9 Å². The van der Waals surface area contributed by atoms with E-state index in [0.29, 0.717) is 24.0 Å². The average Bonchev–Trinajstić information content (AvgIpc) is 3.37. The molecule has 2 saturated heterocycles. The molecule has 2 aliphatic heterocycles. The van der Waals surface area contributed by atoms with Crippen molar-refractivity contribution in [1.82, 2.24) is 4.90 Å². The van der Waals surface area contributed by atoms with Crippen molar-refractivity contribution in [3.05, 3.63) is 34.3 Å². The van der Waals surface area contributed by atoms with Gasteiger partial charge >= 0.3 is 5.97 Å². The zero-order chi connectivity index (χ0) is 23.7. The minimum absolute atomic E-state index is 0.0183. The predicted molar refractivity (Wildman–Crippen MR) is 121 cm³/mol. The molecular weight excluding hydrogens is 422 g/mol. The molecule has 5 rings (SSSR count). The number of ether oxygens (including phenoxy) is 2. The average molecular weight is 458 g/mol. The second kappa shape index (κ2) is 7.70. The van der Waals surface area contributed by atoms with Crippen molar-refractivity contribution in [2.45, 2.75) is 65.1 Å². The Morgan fingerprint density at radius 1 is 1.21 bits per heavy atom. The number of nitrogens with zero attached hydrogens (tertiary/aromatic N) is 1. The third-order valence-corrected chi connectivity index (χ3v) is 9.09. The normalized spacial score (nSPS) is 42.0. The topological polar surface area (TPSA) is 96.3 Å². The molecular formula is C26H35NO6. The first-order valence-electron chi connectivity index (χ1n) is 12.2. The Hall–Kier alpha value is -2.12. The molecule has 2 N–H and O–H groups in total. The quantitative estimate of drug-likeness (QED) is 0.497. The van der Waals surface area contributed by atoms with E-state index < -0.39 is 34.8 Å². The molecule has 3 fully saturated rings. The molecule has 0 radical (unpaired) electrons. The number of rotatable bonds is 3. The van der Waals surface area contributed by atoms with Crippen LogP contribution in [0.2, 0.25) is 0 Å². The maximum atomic E-state index is 13.8. The Morgan fingerprint density at radius 3 is 2.58 bits per heavy atom. The van der Waals surface area contributed by atoms with Crippen LogP contribution in [-0.2, 0) is 19.1 Å². The van der Waals surface area contributed by atoms with Crippen LogP contribution in [0.25, 0.3) is 0 Å². The molecule has 180 valence electrons. The number of carbonyl (C=O) groups excluding carboxylic acids is 2. The number of aliphatic hydroxyl groups is 2. The molecule has 7 heteroatoms. The van der Waals surface area contributed by atoms with E-state index in [1.165, 1.54) is 0 Å². The van der Waals surface area contributed by atoms with Gasteiger partial charge in [-0.3, -0.25) is 4.79 Å². The number of aliphatic hydroxyl groups excluding tert-OH is 2. The Labute approximate surface area is 195 Å². The van der Waals surface area contributed by atoms with Crippen LogP contribution in [0.5, 0.6) is 0 Å². The summed E-state index contributed by atoms with van der Waals surface area (Å²) in [6, 6.07) is 0. The van der Waals surface area contributed by atoms with Gasteiger partial charge in [-0.25, -0.2) is 4.79 Å². The van der Waals surface area contributed by atoms with E-state index in [2.05, 4.69) is 18.7 Å². The summed E-state index contributed by atoms with van der Waals surface area (Å²) in [7, 11) is 1.56. The highest BCUT2D eigenvalue weighted by molar-refractivity contribution is 6.13. The molecule has 3 aliphatic carbocycles. The monoisotopic (exact) mass is 457 g/mol. The van der Waals surface area contributed by atoms with Gasteiger partial charge in [0.2, 0.25) is 5.78 Å². The van der Waals surface area contributed by atoms with Crippen LogP contribution in [0.4, 0.5) is 0 Å². The molecule has 0 aromatic rings. The van der Waals surface area contributed by atoms with Crippen molar-refractivity contribution in [2.24, 2.45) is 22.7 Å². The van der Waals surface area contributed by atoms with Crippen LogP contribution in [0.3, 0.4) is 0 Å². The number of ketones is 1. The van der Waals surface area contributed by atoms with Gasteiger partial charge in [0.25, 0.3) is 0 Å². The van der Waals surface area contributed by atoms with Gasteiger partial charge in [0.15, 0.2) is 5.76 Å². The smallest absolute Gasteiger partial charge is 0.340 e. The molecule has 0 aromatic carbocycles. The lowest BCUT2D eigenvalue weighted by atomic mass is 9.51. The molecule has 1 saturated carbocycles. The maximum Gasteiger partial charge on any atom is 0.340 e. The molecule has 0 bridgehead atoms. The van der Waals surface area contributed by atoms with E-state index in [0.717, 1.165) is 37.9 Å². The van der Waals surface area contributed by atoms with Gasteiger partial charge in [-0.05, 0) is 56.4 Å². The van der Waals surface area contributed by atoms with Crippen molar-refractivity contribution >= 4 is 11.8 Å². The first-order valence-corrected chi connectivity index (χ1v) is 12.2. The van der Waals surface area contributed by atoms with Crippen molar-refractivity contribution < 1.29 is 29.3 Å². The van der Waals surface area contributed by atoms with Gasteiger partial charge in [0.1, 0.15) is 6.10 Å². The minimum atomic E-state index is -0.878. The second-order valence-corrected chi connectivity index (χ2v) is 11.0. The van der Waals surface area contributed by atoms with Gasteiger partial charge in [0, 0.05) is 43.0 Å². The Balaban J connectivity index is 1.73. The van der Waals surface area contributed by atoms with Gasteiger partial charge in [0.05, 0.1) is 23.7 Å². The van der Waals surface area contributed by atoms with Crippen LogP contribution in [-0.4, -0.2) is 65.9 Å². The van der Waals surface area contributed by atoms with E-state index in [1.807, 2.05) is 6.92 Å². The Kier molecular flexibility index (Phi) is 5.29. The number of fused-ring (bicyclic) bond motifs is 4. The number of Topliss-reactive ketones (excluding diaryl/α,β-unsaturated/α-hetero) is 1. The number of carbonyl (C=O) groups is 2. The highest BCUT2D eigenvalue weighted by atomic mass is 16.6. The fourth-order valence-electron chi connectivity index (χ4n) is 7.55. The highest BCUT2D eigenvalue weighted by Gasteiger charge is 2.62. The maximum absolute atomic E-state index is 13.8. The number of methoxy groups -OCH3 is 1. The second-order valence-electron chi connectivity index (χ2n) is 11.0. The predicted octanol–water partition coefficient (Wildman–Crippen LogP) is 3.05. The first kappa shape index (κ1) is 22.7. The van der Waals surface area contributed by atoms with Crippen LogP contribution >= 0.6 is 0 Å². The number of likely N-dealkylation sites (tertiary alicyclic amines) is 1. The van der Waals surface area contributed by atoms with E-state index in [1.54, 1.807) is 13.3 Å². The van der Waals surface area contributed by atoms with Crippen molar-refractivity contribution in [3.63, 3.8) is 0 Å². The van der Waals surface area contributed by atoms with E-state index in [-0.39, 0.29) is 29.8 Å². The summed E-state index contributed by atoms with van der Waals surface area (Å²) < 4.78 is 11.4. The number of cyclic esters (lactones) is 1. The number of esters is 1. The first-order chi connectivity index (χ1) is 15.6. The molecule has 6 atom stereocenters. The zero-order valence-corrected chi connectivity index (χ0v) is 20.0. The summed E-state index contributed by atoms with van der Waals surface area (Å²) in [6.07, 6.45) is 4.82. The third kappa shape index (κ3) is 3.01. The van der Waals surface area contributed by atoms with E-state index in [9.17, 15) is 19.8 Å². The zero-order valence-electron chi connectivity index (χ0n) is 20.0. The third-order valence-electron chi connectivity index (χ3n) is 9.09. The van der Waals surface area contributed by atoms with Gasteiger partial charge in [-0.1, -0.05) is 13.8 Å². The lowest BCUT2D eigenvalue weighted by Crippen LogP contribution is -2.55. The molecule has 7 nitrogen and oxygen atoms in total. The standard InChI is InChI=1S/C26H35NO6/c1-14-11-25(2)16(7-8-17(25)28)19-20(14)26(3)18(13-32-4)33-24(31)15(12-27-9-5-6-10-27)21(26)23(30)22(19)29/h12,14,16-18,28,30H,5-11,13H2,1-4H3/b15-12+/t14-,16+,17?,18-,25+,26-/m1/s1. The summed E-state index contributed by atoms with van der Waals surface area (Å²) in [6.45, 7) is 7.97. The summed E-state index contributed by atoms with van der Waals surface area (Å²) in [5.74, 6) is -1.41. The Morgan fingerprint density at radius 2 is 1.91 bits per heavy atom. The molecule has 0 amide bonds. The summed E-state index contributed by atoms with van der Waals surface area (Å²) >= 11 is 0.